The third-order valence-corrected chi connectivity index (χ3v) is 5.10. The largest absolute Gasteiger partial charge is 0.294 e. The van der Waals surface area contributed by atoms with Crippen molar-refractivity contribution in [2.45, 2.75) is 6.54 Å². The molecular formula is C24H16FN3O. The monoisotopic (exact) mass is 381 g/mol. The molecule has 0 aliphatic carbocycles. The number of pyridine rings is 1. The zero-order valence-corrected chi connectivity index (χ0v) is 15.4. The molecule has 0 atom stereocenters. The fraction of sp³-hybridized carbons (Fsp3) is 0.0417. The van der Waals surface area contributed by atoms with Gasteiger partial charge in [0.25, 0.3) is 5.56 Å². The van der Waals surface area contributed by atoms with Gasteiger partial charge in [-0.25, -0.2) is 9.37 Å². The van der Waals surface area contributed by atoms with Crippen molar-refractivity contribution >= 4 is 21.7 Å². The summed E-state index contributed by atoms with van der Waals surface area (Å²) >= 11 is 0. The van der Waals surface area contributed by atoms with Gasteiger partial charge in [0.05, 0.1) is 23.8 Å². The average molecular weight is 381 g/mol. The Balaban J connectivity index is 1.50. The summed E-state index contributed by atoms with van der Waals surface area (Å²) < 4.78 is 16.3. The van der Waals surface area contributed by atoms with Crippen molar-refractivity contribution in [3.05, 3.63) is 107 Å². The quantitative estimate of drug-likeness (QED) is 0.451. The predicted octanol–water partition coefficient (Wildman–Crippen LogP) is 4.80. The third kappa shape index (κ3) is 3.17. The van der Waals surface area contributed by atoms with Crippen LogP contribution in [0.1, 0.15) is 5.56 Å². The second kappa shape index (κ2) is 6.95. The summed E-state index contributed by atoms with van der Waals surface area (Å²) in [6.07, 6.45) is 5.01. The lowest BCUT2D eigenvalue weighted by Crippen LogP contribution is -2.21. The van der Waals surface area contributed by atoms with Crippen LogP contribution >= 0.6 is 0 Å². The number of hydrogen-bond acceptors (Lipinski definition) is 3. The molecule has 0 amide bonds. The maximum Gasteiger partial charge on any atom is 0.261 e. The molecule has 5 heteroatoms. The van der Waals surface area contributed by atoms with Crippen LogP contribution < -0.4 is 5.56 Å². The van der Waals surface area contributed by atoms with E-state index in [1.807, 2.05) is 36.4 Å². The standard InChI is InChI=1S/C24H16FN3O/c25-22-12-17(16-5-7-19-13-26-10-9-18(19)11-16)6-8-20(22)14-28-15-27-23-4-2-1-3-21(23)24(28)29/h1-13,15H,14H2. The summed E-state index contributed by atoms with van der Waals surface area (Å²) in [5.74, 6) is -0.350. The molecule has 0 radical (unpaired) electrons. The smallest absolute Gasteiger partial charge is 0.261 e. The van der Waals surface area contributed by atoms with Gasteiger partial charge in [0, 0.05) is 23.3 Å². The normalized spacial score (nSPS) is 11.2. The van der Waals surface area contributed by atoms with Gasteiger partial charge in [-0.15, -0.1) is 0 Å². The first-order valence-corrected chi connectivity index (χ1v) is 9.26. The SMILES string of the molecule is O=c1c2ccccc2ncn1Cc1ccc(-c2ccc3cnccc3c2)cc1F. The molecule has 29 heavy (non-hydrogen) atoms. The van der Waals surface area contributed by atoms with E-state index in [1.165, 1.54) is 17.0 Å². The van der Waals surface area contributed by atoms with Crippen molar-refractivity contribution in [3.63, 3.8) is 0 Å². The minimum absolute atomic E-state index is 0.131. The van der Waals surface area contributed by atoms with E-state index in [-0.39, 0.29) is 17.9 Å². The molecule has 0 unspecified atom stereocenters. The Morgan fingerprint density at radius 2 is 1.72 bits per heavy atom. The molecule has 5 rings (SSSR count). The van der Waals surface area contributed by atoms with Crippen LogP contribution in [0.3, 0.4) is 0 Å². The van der Waals surface area contributed by atoms with Crippen LogP contribution in [0.2, 0.25) is 0 Å². The molecule has 0 fully saturated rings. The average Bonchev–Trinajstić information content (AvgIpc) is 2.76. The number of halogens is 1. The van der Waals surface area contributed by atoms with Crippen LogP contribution in [-0.2, 0) is 6.54 Å². The van der Waals surface area contributed by atoms with E-state index in [9.17, 15) is 9.18 Å². The van der Waals surface area contributed by atoms with Gasteiger partial charge in [-0.05, 0) is 46.8 Å². The van der Waals surface area contributed by atoms with E-state index < -0.39 is 0 Å². The second-order valence-electron chi connectivity index (χ2n) is 6.94. The number of fused-ring (bicyclic) bond motifs is 2. The van der Waals surface area contributed by atoms with Gasteiger partial charge in [0.15, 0.2) is 0 Å². The van der Waals surface area contributed by atoms with Crippen LogP contribution in [0, 0.1) is 5.82 Å². The van der Waals surface area contributed by atoms with Crippen LogP contribution in [0.15, 0.2) is 90.2 Å². The van der Waals surface area contributed by atoms with Crippen LogP contribution in [-0.4, -0.2) is 14.5 Å². The van der Waals surface area contributed by atoms with E-state index in [4.69, 9.17) is 0 Å². The Labute approximate surface area is 165 Å². The lowest BCUT2D eigenvalue weighted by atomic mass is 10.0. The summed E-state index contributed by atoms with van der Waals surface area (Å²) in [7, 11) is 0. The van der Waals surface area contributed by atoms with Gasteiger partial charge in [-0.3, -0.25) is 14.3 Å². The van der Waals surface area contributed by atoms with Gasteiger partial charge in [0.2, 0.25) is 0 Å². The van der Waals surface area contributed by atoms with Gasteiger partial charge in [-0.2, -0.15) is 0 Å². The molecule has 5 aromatic rings. The molecule has 0 bridgehead atoms. The lowest BCUT2D eigenvalue weighted by Gasteiger charge is -2.10. The fourth-order valence-electron chi connectivity index (χ4n) is 3.52. The molecular weight excluding hydrogens is 365 g/mol. The van der Waals surface area contributed by atoms with E-state index in [0.29, 0.717) is 16.5 Å². The van der Waals surface area contributed by atoms with Crippen molar-refractivity contribution < 1.29 is 4.39 Å². The maximum absolute atomic E-state index is 14.8. The van der Waals surface area contributed by atoms with Crippen molar-refractivity contribution in [2.24, 2.45) is 0 Å². The summed E-state index contributed by atoms with van der Waals surface area (Å²) in [6.45, 7) is 0.131. The van der Waals surface area contributed by atoms with Crippen LogP contribution in [0.5, 0.6) is 0 Å². The molecule has 140 valence electrons. The van der Waals surface area contributed by atoms with Crippen molar-refractivity contribution in [2.75, 3.05) is 0 Å². The first-order chi connectivity index (χ1) is 14.2. The number of rotatable bonds is 3. The third-order valence-electron chi connectivity index (χ3n) is 5.10. The highest BCUT2D eigenvalue weighted by atomic mass is 19.1. The van der Waals surface area contributed by atoms with Gasteiger partial charge < -0.3 is 0 Å². The molecule has 0 aliphatic heterocycles. The molecule has 0 spiro atoms. The van der Waals surface area contributed by atoms with E-state index >= 15 is 0 Å². The number of hydrogen-bond donors (Lipinski definition) is 0. The minimum atomic E-state index is -0.350. The predicted molar refractivity (Wildman–Crippen MR) is 112 cm³/mol. The summed E-state index contributed by atoms with van der Waals surface area (Å²) in [6, 6.07) is 20.1. The van der Waals surface area contributed by atoms with Gasteiger partial charge >= 0.3 is 0 Å². The van der Waals surface area contributed by atoms with Crippen molar-refractivity contribution in [1.29, 1.82) is 0 Å². The molecule has 2 aromatic heterocycles. The minimum Gasteiger partial charge on any atom is -0.294 e. The zero-order valence-electron chi connectivity index (χ0n) is 15.4. The summed E-state index contributed by atoms with van der Waals surface area (Å²) in [5.41, 5.74) is 2.61. The zero-order chi connectivity index (χ0) is 19.8. The Morgan fingerprint density at radius 3 is 2.62 bits per heavy atom. The molecule has 2 heterocycles. The van der Waals surface area contributed by atoms with Crippen LogP contribution in [0.4, 0.5) is 4.39 Å². The number of benzene rings is 3. The van der Waals surface area contributed by atoms with Crippen molar-refractivity contribution in [3.8, 4) is 11.1 Å². The highest BCUT2D eigenvalue weighted by molar-refractivity contribution is 5.86. The van der Waals surface area contributed by atoms with E-state index in [2.05, 4.69) is 9.97 Å². The molecule has 0 saturated carbocycles. The topological polar surface area (TPSA) is 47.8 Å². The first kappa shape index (κ1) is 17.3. The molecule has 0 N–H and O–H groups in total. The number of aromatic nitrogens is 3. The van der Waals surface area contributed by atoms with Crippen molar-refractivity contribution in [1.82, 2.24) is 14.5 Å². The Kier molecular flexibility index (Phi) is 4.13. The van der Waals surface area contributed by atoms with Crippen LogP contribution in [0.25, 0.3) is 32.8 Å². The highest BCUT2D eigenvalue weighted by Crippen LogP contribution is 2.26. The Hall–Kier alpha value is -3.86. The maximum atomic E-state index is 14.8. The number of nitrogens with zero attached hydrogens (tertiary/aromatic N) is 3. The second-order valence-corrected chi connectivity index (χ2v) is 6.94. The number of para-hydroxylation sites is 1. The highest BCUT2D eigenvalue weighted by Gasteiger charge is 2.09. The molecule has 4 nitrogen and oxygen atoms in total. The Morgan fingerprint density at radius 1 is 0.897 bits per heavy atom. The molecule has 0 aliphatic rings. The van der Waals surface area contributed by atoms with Gasteiger partial charge in [0.1, 0.15) is 5.82 Å². The molecule has 0 saturated heterocycles. The van der Waals surface area contributed by atoms with E-state index in [1.54, 1.807) is 36.7 Å². The molecule has 3 aromatic carbocycles. The Bertz CT molecular complexity index is 1430. The first-order valence-electron chi connectivity index (χ1n) is 9.26. The van der Waals surface area contributed by atoms with E-state index in [0.717, 1.165) is 21.9 Å². The lowest BCUT2D eigenvalue weighted by molar-refractivity contribution is 0.596. The fourth-order valence-corrected chi connectivity index (χ4v) is 3.52. The summed E-state index contributed by atoms with van der Waals surface area (Å²) in [5, 5.41) is 2.62. The van der Waals surface area contributed by atoms with Gasteiger partial charge in [-0.1, -0.05) is 36.4 Å². The summed E-state index contributed by atoms with van der Waals surface area (Å²) in [4.78, 5) is 21.1.